The van der Waals surface area contributed by atoms with Crippen LogP contribution in [0.15, 0.2) is 51.9 Å². The number of aliphatic hydroxyl groups excluding tert-OH is 1. The van der Waals surface area contributed by atoms with Crippen LogP contribution in [0.4, 0.5) is 5.82 Å². The maximum atomic E-state index is 10.1. The van der Waals surface area contributed by atoms with Crippen molar-refractivity contribution in [3.8, 4) is 46.2 Å². The van der Waals surface area contributed by atoms with Crippen LogP contribution >= 0.6 is 11.8 Å². The molecule has 0 saturated heterocycles. The summed E-state index contributed by atoms with van der Waals surface area (Å²) >= 11 is 1.29. The number of nitriles is 2. The van der Waals surface area contributed by atoms with Crippen LogP contribution in [-0.2, 0) is 12.2 Å². The normalized spacial score (nSPS) is 10.6. The average Bonchev–Trinajstić information content (AvgIpc) is 3.34. The number of nitrogen functional groups attached to an aromatic ring is 1. The van der Waals surface area contributed by atoms with Gasteiger partial charge in [-0.25, -0.2) is 9.97 Å². The van der Waals surface area contributed by atoms with Crippen LogP contribution in [0, 0.1) is 29.6 Å². The minimum atomic E-state index is 0.0528. The Hall–Kier alpha value is -4.51. The van der Waals surface area contributed by atoms with Crippen molar-refractivity contribution in [2.75, 3.05) is 26.6 Å². The largest absolute Gasteiger partial charge is 0.497 e. The van der Waals surface area contributed by atoms with Gasteiger partial charge in [0.15, 0.2) is 0 Å². The van der Waals surface area contributed by atoms with Gasteiger partial charge < -0.3 is 24.7 Å². The molecule has 0 atom stereocenters. The summed E-state index contributed by atoms with van der Waals surface area (Å²) in [6.07, 6.45) is 1.39. The van der Waals surface area contributed by atoms with Crippen molar-refractivity contribution in [1.82, 2.24) is 9.97 Å². The highest BCUT2D eigenvalue weighted by Crippen LogP contribution is 2.38. The second kappa shape index (κ2) is 12.4. The van der Waals surface area contributed by atoms with Crippen molar-refractivity contribution >= 4 is 17.6 Å². The first-order valence-electron chi connectivity index (χ1n) is 12.1. The molecule has 0 aliphatic carbocycles. The number of nitrogens with zero attached hydrogens (tertiary/aromatic N) is 4. The van der Waals surface area contributed by atoms with Gasteiger partial charge in [0, 0.05) is 17.9 Å². The van der Waals surface area contributed by atoms with Crippen molar-refractivity contribution in [1.29, 1.82) is 10.5 Å². The third-order valence-electron chi connectivity index (χ3n) is 6.16. The number of oxazole rings is 1. The Morgan fingerprint density at radius 2 is 1.77 bits per heavy atom. The van der Waals surface area contributed by atoms with E-state index in [-0.39, 0.29) is 23.6 Å². The Labute approximate surface area is 230 Å². The van der Waals surface area contributed by atoms with Crippen LogP contribution in [0.2, 0.25) is 0 Å². The maximum Gasteiger partial charge on any atom is 0.230 e. The zero-order chi connectivity index (χ0) is 27.9. The lowest BCUT2D eigenvalue weighted by atomic mass is 9.95. The summed E-state index contributed by atoms with van der Waals surface area (Å²) in [5.74, 6) is 2.64. The number of ether oxygens (including phenoxy) is 2. The lowest BCUT2D eigenvalue weighted by molar-refractivity contribution is 0.288. The summed E-state index contributed by atoms with van der Waals surface area (Å²) in [6.45, 7) is 1.93. The average molecular weight is 542 g/mol. The van der Waals surface area contributed by atoms with Crippen LogP contribution in [0.5, 0.6) is 11.5 Å². The predicted octanol–water partition coefficient (Wildman–Crippen LogP) is 5.27. The van der Waals surface area contributed by atoms with E-state index < -0.39 is 0 Å². The number of hydrogen-bond acceptors (Lipinski definition) is 10. The number of thioether (sulfide) groups is 1. The first-order chi connectivity index (χ1) is 18.9. The van der Waals surface area contributed by atoms with E-state index in [1.54, 1.807) is 32.4 Å². The van der Waals surface area contributed by atoms with E-state index in [1.165, 1.54) is 11.8 Å². The van der Waals surface area contributed by atoms with Crippen molar-refractivity contribution < 1.29 is 19.0 Å². The third kappa shape index (κ3) is 5.83. The Morgan fingerprint density at radius 3 is 2.41 bits per heavy atom. The van der Waals surface area contributed by atoms with Gasteiger partial charge in [-0.1, -0.05) is 36.0 Å². The van der Waals surface area contributed by atoms with Crippen LogP contribution in [0.3, 0.4) is 0 Å². The number of benzene rings is 2. The Morgan fingerprint density at radius 1 is 1.03 bits per heavy atom. The molecule has 4 rings (SSSR count). The van der Waals surface area contributed by atoms with E-state index in [0.717, 1.165) is 12.0 Å². The SMILES string of the molecule is COc1ccc(OC)c(-c2nc(CSc3nc(N)c(C#N)c(-c4ccc(CCCO)cc4)c3C#N)c(C)o2)c1. The lowest BCUT2D eigenvalue weighted by Crippen LogP contribution is -2.03. The molecule has 0 bridgehead atoms. The summed E-state index contributed by atoms with van der Waals surface area (Å²) in [7, 11) is 3.15. The molecule has 4 aromatic rings. The smallest absolute Gasteiger partial charge is 0.230 e. The molecule has 0 aliphatic rings. The number of hydrogen-bond donors (Lipinski definition) is 2. The first kappa shape index (κ1) is 27.5. The molecular formula is C29H27N5O4S. The quantitative estimate of drug-likeness (QED) is 0.254. The number of rotatable bonds is 10. The van der Waals surface area contributed by atoms with E-state index in [0.29, 0.717) is 62.7 Å². The molecule has 0 fully saturated rings. The Kier molecular flexibility index (Phi) is 8.72. The van der Waals surface area contributed by atoms with Crippen LogP contribution in [-0.4, -0.2) is 35.9 Å². The number of aromatic nitrogens is 2. The van der Waals surface area contributed by atoms with Gasteiger partial charge in [-0.3, -0.25) is 0 Å². The van der Waals surface area contributed by atoms with E-state index in [1.807, 2.05) is 31.2 Å². The molecule has 0 saturated carbocycles. The number of anilines is 1. The lowest BCUT2D eigenvalue weighted by Gasteiger charge is -2.13. The molecule has 0 unspecified atom stereocenters. The van der Waals surface area contributed by atoms with Gasteiger partial charge in [-0.15, -0.1) is 0 Å². The van der Waals surface area contributed by atoms with Gasteiger partial charge in [0.05, 0.1) is 31.0 Å². The molecule has 0 aliphatic heterocycles. The molecule has 2 aromatic heterocycles. The van der Waals surface area contributed by atoms with Gasteiger partial charge in [0.25, 0.3) is 0 Å². The molecule has 2 heterocycles. The molecule has 39 heavy (non-hydrogen) atoms. The first-order valence-corrected chi connectivity index (χ1v) is 13.1. The number of pyridine rings is 1. The van der Waals surface area contributed by atoms with Gasteiger partial charge in [-0.05, 0) is 49.1 Å². The molecule has 9 nitrogen and oxygen atoms in total. The number of aryl methyl sites for hydroxylation is 2. The molecule has 10 heteroatoms. The van der Waals surface area contributed by atoms with Crippen molar-refractivity contribution in [3.63, 3.8) is 0 Å². The van der Waals surface area contributed by atoms with Crippen molar-refractivity contribution in [3.05, 3.63) is 70.6 Å². The zero-order valence-electron chi connectivity index (χ0n) is 21.8. The maximum absolute atomic E-state index is 10.1. The molecule has 198 valence electrons. The zero-order valence-corrected chi connectivity index (χ0v) is 22.6. The topological polar surface area (TPSA) is 151 Å². The number of aliphatic hydroxyl groups is 1. The van der Waals surface area contributed by atoms with Crippen LogP contribution < -0.4 is 15.2 Å². The van der Waals surface area contributed by atoms with E-state index in [4.69, 9.17) is 24.7 Å². The molecule has 0 radical (unpaired) electrons. The van der Waals surface area contributed by atoms with Crippen molar-refractivity contribution in [2.24, 2.45) is 0 Å². The van der Waals surface area contributed by atoms with Gasteiger partial charge >= 0.3 is 0 Å². The molecule has 2 aromatic carbocycles. The summed E-state index contributed by atoms with van der Waals surface area (Å²) < 4.78 is 16.8. The van der Waals surface area contributed by atoms with Gasteiger partial charge in [-0.2, -0.15) is 10.5 Å². The summed E-state index contributed by atoms with van der Waals surface area (Å²) in [4.78, 5) is 9.06. The molecule has 0 spiro atoms. The standard InChI is InChI=1S/C29H27N5O4S/c1-17-24(33-28(38-17)21-13-20(36-2)10-11-25(21)37-3)16-39-29-23(15-31)26(22(14-30)27(32)34-29)19-8-6-18(7-9-19)5-4-12-35/h6-11,13,35H,4-5,12,16H2,1-3H3,(H2,32,34). The summed E-state index contributed by atoms with van der Waals surface area (Å²) in [6, 6.07) is 17.2. The van der Waals surface area contributed by atoms with E-state index >= 15 is 0 Å². The number of methoxy groups -OCH3 is 2. The predicted molar refractivity (Wildman–Crippen MR) is 148 cm³/mol. The second-order valence-electron chi connectivity index (χ2n) is 8.55. The molecule has 3 N–H and O–H groups in total. The Balaban J connectivity index is 1.68. The Bertz CT molecular complexity index is 1570. The number of nitrogens with two attached hydrogens (primary N) is 1. The third-order valence-corrected chi connectivity index (χ3v) is 7.14. The highest BCUT2D eigenvalue weighted by molar-refractivity contribution is 7.98. The fourth-order valence-electron chi connectivity index (χ4n) is 4.11. The fourth-order valence-corrected chi connectivity index (χ4v) is 5.10. The molecular weight excluding hydrogens is 514 g/mol. The second-order valence-corrected chi connectivity index (χ2v) is 9.52. The fraction of sp³-hybridized carbons (Fsp3) is 0.241. The van der Waals surface area contributed by atoms with E-state index in [9.17, 15) is 10.5 Å². The van der Waals surface area contributed by atoms with Crippen LogP contribution in [0.25, 0.3) is 22.6 Å². The van der Waals surface area contributed by atoms with Crippen LogP contribution in [0.1, 0.15) is 34.6 Å². The van der Waals surface area contributed by atoms with Gasteiger partial charge in [0.2, 0.25) is 5.89 Å². The monoisotopic (exact) mass is 541 g/mol. The minimum Gasteiger partial charge on any atom is -0.497 e. The van der Waals surface area contributed by atoms with Crippen molar-refractivity contribution in [2.45, 2.75) is 30.5 Å². The minimum absolute atomic E-state index is 0.0528. The molecule has 0 amide bonds. The van der Waals surface area contributed by atoms with Gasteiger partial charge in [0.1, 0.15) is 45.8 Å². The highest BCUT2D eigenvalue weighted by atomic mass is 32.2. The van der Waals surface area contributed by atoms with E-state index in [2.05, 4.69) is 22.1 Å². The summed E-state index contributed by atoms with van der Waals surface area (Å²) in [5, 5.41) is 29.4. The highest BCUT2D eigenvalue weighted by Gasteiger charge is 2.22. The summed E-state index contributed by atoms with van der Waals surface area (Å²) in [5.41, 5.74) is 10.1.